The van der Waals surface area contributed by atoms with Gasteiger partial charge in [0.2, 0.25) is 0 Å². The van der Waals surface area contributed by atoms with E-state index in [1.165, 1.54) is 10.8 Å². The summed E-state index contributed by atoms with van der Waals surface area (Å²) in [4.78, 5) is 0. The maximum atomic E-state index is 6.43. The van der Waals surface area contributed by atoms with E-state index in [1.54, 1.807) is 7.11 Å². The highest BCUT2D eigenvalue weighted by Gasteiger charge is 2.15. The zero-order valence-corrected chi connectivity index (χ0v) is 15.7. The third kappa shape index (κ3) is 2.57. The SMILES string of the molecule is COc1ccc(-n2c3cc(Cl)c(C)cc3c3cc(C)c(Cl)cc32)cc1. The Bertz CT molecular complexity index is 1050. The summed E-state index contributed by atoms with van der Waals surface area (Å²) in [6.45, 7) is 4.06. The first-order valence-electron chi connectivity index (χ1n) is 8.04. The molecule has 4 rings (SSSR count). The highest BCUT2D eigenvalue weighted by Crippen LogP contribution is 2.37. The number of fused-ring (bicyclic) bond motifs is 3. The van der Waals surface area contributed by atoms with E-state index in [4.69, 9.17) is 27.9 Å². The Kier molecular flexibility index (Phi) is 3.90. The number of aromatic nitrogens is 1. The average Bonchev–Trinajstić information content (AvgIpc) is 2.88. The van der Waals surface area contributed by atoms with Gasteiger partial charge in [-0.3, -0.25) is 0 Å². The van der Waals surface area contributed by atoms with Crippen LogP contribution in [0.2, 0.25) is 10.0 Å². The van der Waals surface area contributed by atoms with Gasteiger partial charge < -0.3 is 9.30 Å². The van der Waals surface area contributed by atoms with E-state index in [1.807, 2.05) is 50.2 Å². The second kappa shape index (κ2) is 5.98. The minimum absolute atomic E-state index is 0.757. The van der Waals surface area contributed by atoms with Gasteiger partial charge in [-0.1, -0.05) is 23.2 Å². The lowest BCUT2D eigenvalue weighted by Gasteiger charge is -2.10. The maximum Gasteiger partial charge on any atom is 0.119 e. The van der Waals surface area contributed by atoms with Crippen molar-refractivity contribution in [1.29, 1.82) is 0 Å². The van der Waals surface area contributed by atoms with E-state index < -0.39 is 0 Å². The topological polar surface area (TPSA) is 14.2 Å². The molecule has 4 heteroatoms. The summed E-state index contributed by atoms with van der Waals surface area (Å²) in [7, 11) is 1.67. The standard InChI is InChI=1S/C21H17Cl2NO/c1-12-8-16-17-9-13(2)19(23)11-21(17)24(20(16)10-18(12)22)14-4-6-15(25-3)7-5-14/h4-11H,1-3H3. The van der Waals surface area contributed by atoms with Crippen molar-refractivity contribution >= 4 is 45.0 Å². The number of nitrogens with zero attached hydrogens (tertiary/aromatic N) is 1. The van der Waals surface area contributed by atoms with Crippen molar-refractivity contribution in [1.82, 2.24) is 4.57 Å². The molecule has 0 atom stereocenters. The van der Waals surface area contributed by atoms with E-state index in [9.17, 15) is 0 Å². The molecule has 25 heavy (non-hydrogen) atoms. The van der Waals surface area contributed by atoms with E-state index in [0.29, 0.717) is 0 Å². The third-order valence-corrected chi connectivity index (χ3v) is 5.47. The van der Waals surface area contributed by atoms with E-state index in [-0.39, 0.29) is 0 Å². The van der Waals surface area contributed by atoms with E-state index in [0.717, 1.165) is 43.6 Å². The minimum atomic E-state index is 0.757. The number of benzene rings is 3. The van der Waals surface area contributed by atoms with Crippen molar-refractivity contribution in [3.8, 4) is 11.4 Å². The van der Waals surface area contributed by atoms with Gasteiger partial charge in [0.15, 0.2) is 0 Å². The Morgan fingerprint density at radius 3 is 1.68 bits per heavy atom. The van der Waals surface area contributed by atoms with Crippen molar-refractivity contribution in [2.45, 2.75) is 13.8 Å². The largest absolute Gasteiger partial charge is 0.497 e. The van der Waals surface area contributed by atoms with Crippen LogP contribution in [0, 0.1) is 13.8 Å². The highest BCUT2D eigenvalue weighted by atomic mass is 35.5. The fourth-order valence-electron chi connectivity index (χ4n) is 3.28. The number of methoxy groups -OCH3 is 1. The molecule has 0 N–H and O–H groups in total. The Hall–Kier alpha value is -2.16. The number of aryl methyl sites for hydroxylation is 2. The highest BCUT2D eigenvalue weighted by molar-refractivity contribution is 6.33. The summed E-state index contributed by atoms with van der Waals surface area (Å²) < 4.78 is 7.47. The lowest BCUT2D eigenvalue weighted by Crippen LogP contribution is -1.94. The molecule has 0 unspecified atom stereocenters. The zero-order chi connectivity index (χ0) is 17.7. The van der Waals surface area contributed by atoms with Crippen molar-refractivity contribution in [2.24, 2.45) is 0 Å². The summed E-state index contributed by atoms with van der Waals surface area (Å²) in [6, 6.07) is 16.3. The Balaban J connectivity index is 2.15. The Morgan fingerprint density at radius 2 is 1.24 bits per heavy atom. The van der Waals surface area contributed by atoms with E-state index >= 15 is 0 Å². The van der Waals surface area contributed by atoms with Gasteiger partial charge in [0.1, 0.15) is 5.75 Å². The van der Waals surface area contributed by atoms with Crippen LogP contribution in [0.4, 0.5) is 0 Å². The Morgan fingerprint density at radius 1 is 0.760 bits per heavy atom. The van der Waals surface area contributed by atoms with Crippen LogP contribution < -0.4 is 4.74 Å². The van der Waals surface area contributed by atoms with Crippen molar-refractivity contribution in [3.05, 3.63) is 69.7 Å². The van der Waals surface area contributed by atoms with Crippen LogP contribution in [-0.2, 0) is 0 Å². The van der Waals surface area contributed by atoms with Crippen LogP contribution in [-0.4, -0.2) is 11.7 Å². The first-order valence-corrected chi connectivity index (χ1v) is 8.80. The molecule has 0 saturated heterocycles. The smallest absolute Gasteiger partial charge is 0.119 e. The lowest BCUT2D eigenvalue weighted by molar-refractivity contribution is 0.415. The van der Waals surface area contributed by atoms with Crippen molar-refractivity contribution in [3.63, 3.8) is 0 Å². The van der Waals surface area contributed by atoms with Crippen LogP contribution in [0.15, 0.2) is 48.5 Å². The van der Waals surface area contributed by atoms with Gasteiger partial charge >= 0.3 is 0 Å². The van der Waals surface area contributed by atoms with Gasteiger partial charge in [-0.05, 0) is 73.5 Å². The average molecular weight is 370 g/mol. The number of rotatable bonds is 2. The van der Waals surface area contributed by atoms with Gasteiger partial charge in [-0.15, -0.1) is 0 Å². The molecule has 2 nitrogen and oxygen atoms in total. The molecular formula is C21H17Cl2NO. The van der Waals surface area contributed by atoms with E-state index in [2.05, 4.69) is 16.7 Å². The quantitative estimate of drug-likeness (QED) is 0.382. The fourth-order valence-corrected chi connectivity index (χ4v) is 3.60. The van der Waals surface area contributed by atoms with Crippen LogP contribution >= 0.6 is 23.2 Å². The molecule has 0 aliphatic carbocycles. The molecule has 3 aromatic carbocycles. The molecule has 0 aliphatic rings. The third-order valence-electron chi connectivity index (χ3n) is 4.66. The second-order valence-electron chi connectivity index (χ2n) is 6.27. The number of hydrogen-bond acceptors (Lipinski definition) is 1. The predicted molar refractivity (Wildman–Crippen MR) is 107 cm³/mol. The van der Waals surface area contributed by atoms with Crippen molar-refractivity contribution < 1.29 is 4.74 Å². The fraction of sp³-hybridized carbons (Fsp3) is 0.143. The molecule has 0 saturated carbocycles. The molecule has 0 bridgehead atoms. The van der Waals surface area contributed by atoms with Gasteiger partial charge in [0, 0.05) is 26.5 Å². The van der Waals surface area contributed by atoms with Crippen LogP contribution in [0.25, 0.3) is 27.5 Å². The molecule has 0 amide bonds. The molecule has 0 spiro atoms. The summed E-state index contributed by atoms with van der Waals surface area (Å²) in [5.74, 6) is 0.826. The Labute approximate surface area is 156 Å². The molecule has 0 aliphatic heterocycles. The van der Waals surface area contributed by atoms with Gasteiger partial charge in [-0.2, -0.15) is 0 Å². The molecule has 126 valence electrons. The van der Waals surface area contributed by atoms with Crippen LogP contribution in [0.5, 0.6) is 5.75 Å². The summed E-state index contributed by atoms with van der Waals surface area (Å²) >= 11 is 12.9. The second-order valence-corrected chi connectivity index (χ2v) is 7.08. The molecular weight excluding hydrogens is 353 g/mol. The summed E-state index contributed by atoms with van der Waals surface area (Å²) in [6.07, 6.45) is 0. The number of halogens is 2. The minimum Gasteiger partial charge on any atom is -0.497 e. The first-order chi connectivity index (χ1) is 12.0. The normalized spacial score (nSPS) is 11.4. The van der Waals surface area contributed by atoms with Crippen molar-refractivity contribution in [2.75, 3.05) is 7.11 Å². The summed E-state index contributed by atoms with van der Waals surface area (Å²) in [5, 5.41) is 3.86. The van der Waals surface area contributed by atoms with Crippen LogP contribution in [0.3, 0.4) is 0 Å². The maximum absolute atomic E-state index is 6.43. The first kappa shape index (κ1) is 16.3. The molecule has 4 aromatic rings. The van der Waals surface area contributed by atoms with Crippen LogP contribution in [0.1, 0.15) is 11.1 Å². The molecule has 0 fully saturated rings. The predicted octanol–water partition coefficient (Wildman–Crippen LogP) is 6.72. The lowest BCUT2D eigenvalue weighted by atomic mass is 10.1. The summed E-state index contributed by atoms with van der Waals surface area (Å²) in [5.41, 5.74) is 5.31. The van der Waals surface area contributed by atoms with Gasteiger partial charge in [-0.25, -0.2) is 0 Å². The zero-order valence-electron chi connectivity index (χ0n) is 14.2. The number of ether oxygens (including phenoxy) is 1. The molecule has 0 radical (unpaired) electrons. The van der Waals surface area contributed by atoms with Gasteiger partial charge in [0.05, 0.1) is 18.1 Å². The molecule has 1 aromatic heterocycles. The van der Waals surface area contributed by atoms with Gasteiger partial charge in [0.25, 0.3) is 0 Å². The monoisotopic (exact) mass is 369 g/mol. The molecule has 1 heterocycles. The number of hydrogen-bond donors (Lipinski definition) is 0.